The summed E-state index contributed by atoms with van der Waals surface area (Å²) in [5.74, 6) is 0. The smallest absolute Gasteiger partial charge is 0.230 e. The lowest BCUT2D eigenvalue weighted by Gasteiger charge is -2.37. The van der Waals surface area contributed by atoms with Crippen molar-refractivity contribution in [2.75, 3.05) is 7.11 Å². The van der Waals surface area contributed by atoms with Crippen LogP contribution in [0, 0.1) is 5.41 Å². The zero-order chi connectivity index (χ0) is 9.28. The molecule has 0 aliphatic carbocycles. The van der Waals surface area contributed by atoms with Crippen LogP contribution in [0.15, 0.2) is 0 Å². The Morgan fingerprint density at radius 2 is 1.64 bits per heavy atom. The van der Waals surface area contributed by atoms with Crippen LogP contribution in [-0.2, 0) is 9.53 Å². The fourth-order valence-electron chi connectivity index (χ4n) is 0.492. The van der Waals surface area contributed by atoms with E-state index in [-0.39, 0.29) is 5.24 Å². The van der Waals surface area contributed by atoms with Gasteiger partial charge in [0.25, 0.3) is 0 Å². The first-order valence-electron chi connectivity index (χ1n) is 3.51. The molecule has 0 amide bonds. The van der Waals surface area contributed by atoms with Crippen LogP contribution in [0.25, 0.3) is 0 Å². The molecule has 0 saturated carbocycles. The summed E-state index contributed by atoms with van der Waals surface area (Å²) in [6, 6.07) is 0. The molecule has 0 aromatic carbocycles. The fourth-order valence-corrected chi connectivity index (χ4v) is 0.719. The van der Waals surface area contributed by atoms with Gasteiger partial charge in [-0.1, -0.05) is 0 Å². The van der Waals surface area contributed by atoms with Gasteiger partial charge in [0.1, 0.15) is 0 Å². The van der Waals surface area contributed by atoms with E-state index in [9.17, 15) is 4.79 Å². The van der Waals surface area contributed by atoms with E-state index < -0.39 is 11.0 Å². The number of carbonyl (C=O) groups excluding carboxylic acids is 1. The molecule has 2 nitrogen and oxygen atoms in total. The molecule has 0 heterocycles. The molecule has 0 spiro atoms. The summed E-state index contributed by atoms with van der Waals surface area (Å²) in [6.07, 6.45) is 0. The first-order chi connectivity index (χ1) is 4.75. The second kappa shape index (κ2) is 3.11. The summed E-state index contributed by atoms with van der Waals surface area (Å²) in [4.78, 5) is 11.0. The molecule has 3 heteroatoms. The van der Waals surface area contributed by atoms with E-state index in [1.54, 1.807) is 21.0 Å². The van der Waals surface area contributed by atoms with Crippen LogP contribution in [0.5, 0.6) is 0 Å². The van der Waals surface area contributed by atoms with Crippen molar-refractivity contribution in [1.29, 1.82) is 0 Å². The molecule has 0 aliphatic heterocycles. The predicted octanol–water partition coefficient (Wildman–Crippen LogP) is 2.20. The number of carbonyl (C=O) groups is 1. The highest BCUT2D eigenvalue weighted by atomic mass is 35.5. The van der Waals surface area contributed by atoms with Gasteiger partial charge in [0.2, 0.25) is 5.24 Å². The molecular formula is C8H15ClO2. The van der Waals surface area contributed by atoms with Gasteiger partial charge in [-0.15, -0.1) is 0 Å². The van der Waals surface area contributed by atoms with Gasteiger partial charge >= 0.3 is 0 Å². The van der Waals surface area contributed by atoms with Gasteiger partial charge < -0.3 is 4.74 Å². The van der Waals surface area contributed by atoms with Crippen LogP contribution in [0.4, 0.5) is 0 Å². The highest BCUT2D eigenvalue weighted by molar-refractivity contribution is 6.64. The monoisotopic (exact) mass is 178 g/mol. The van der Waals surface area contributed by atoms with E-state index in [1.807, 2.05) is 13.8 Å². The lowest BCUT2D eigenvalue weighted by Crippen LogP contribution is -2.44. The van der Waals surface area contributed by atoms with Crippen molar-refractivity contribution in [2.24, 2.45) is 5.41 Å². The summed E-state index contributed by atoms with van der Waals surface area (Å²) in [5, 5.41) is -0.371. The molecule has 0 unspecified atom stereocenters. The van der Waals surface area contributed by atoms with Crippen molar-refractivity contribution in [3.05, 3.63) is 0 Å². The summed E-state index contributed by atoms with van der Waals surface area (Å²) < 4.78 is 5.16. The van der Waals surface area contributed by atoms with Crippen LogP contribution in [-0.4, -0.2) is 18.0 Å². The Balaban J connectivity index is 4.67. The van der Waals surface area contributed by atoms with E-state index in [1.165, 1.54) is 0 Å². The molecular weight excluding hydrogens is 164 g/mol. The maximum Gasteiger partial charge on any atom is 0.230 e. The molecule has 11 heavy (non-hydrogen) atoms. The minimum Gasteiger partial charge on any atom is -0.378 e. The van der Waals surface area contributed by atoms with Gasteiger partial charge in [-0.2, -0.15) is 0 Å². The topological polar surface area (TPSA) is 26.3 Å². The van der Waals surface area contributed by atoms with E-state index >= 15 is 0 Å². The lowest BCUT2D eigenvalue weighted by molar-refractivity contribution is -0.135. The highest BCUT2D eigenvalue weighted by Gasteiger charge is 2.42. The summed E-state index contributed by atoms with van der Waals surface area (Å²) in [6.45, 7) is 7.22. The Kier molecular flexibility index (Phi) is 3.09. The Labute approximate surface area is 72.9 Å². The zero-order valence-corrected chi connectivity index (χ0v) is 8.45. The maximum atomic E-state index is 11.0. The summed E-state index contributed by atoms with van der Waals surface area (Å²) in [5.41, 5.74) is -1.17. The Morgan fingerprint density at radius 1 is 1.27 bits per heavy atom. The molecule has 0 aromatic heterocycles. The Morgan fingerprint density at radius 3 is 1.73 bits per heavy atom. The van der Waals surface area contributed by atoms with Crippen LogP contribution < -0.4 is 0 Å². The van der Waals surface area contributed by atoms with Crippen molar-refractivity contribution >= 4 is 16.8 Å². The largest absolute Gasteiger partial charge is 0.378 e. The standard InChI is InChI=1S/C8H15ClO2/c1-7(2,6(9)10)8(3,4)11-5/h1-5H3. The number of halogens is 1. The number of ether oxygens (including phenoxy) is 1. The van der Waals surface area contributed by atoms with Gasteiger partial charge in [-0.25, -0.2) is 0 Å². The predicted molar refractivity (Wildman–Crippen MR) is 45.7 cm³/mol. The minimum absolute atomic E-state index is 0.371. The van der Waals surface area contributed by atoms with Gasteiger partial charge in [-0.3, -0.25) is 4.79 Å². The second-order valence-corrected chi connectivity index (χ2v) is 3.96. The van der Waals surface area contributed by atoms with Crippen molar-refractivity contribution in [3.8, 4) is 0 Å². The molecule has 66 valence electrons. The third-order valence-corrected chi connectivity index (χ3v) is 2.98. The third kappa shape index (κ3) is 1.94. The highest BCUT2D eigenvalue weighted by Crippen LogP contribution is 2.35. The average molecular weight is 179 g/mol. The second-order valence-electron chi connectivity index (χ2n) is 3.61. The molecule has 0 bridgehead atoms. The quantitative estimate of drug-likeness (QED) is 0.620. The van der Waals surface area contributed by atoms with Crippen LogP contribution in [0.3, 0.4) is 0 Å². The van der Waals surface area contributed by atoms with Crippen molar-refractivity contribution in [1.82, 2.24) is 0 Å². The molecule has 0 aromatic rings. The third-order valence-electron chi connectivity index (χ3n) is 2.51. The normalized spacial score (nSPS) is 13.3. The van der Waals surface area contributed by atoms with E-state index in [0.29, 0.717) is 0 Å². The van der Waals surface area contributed by atoms with E-state index in [4.69, 9.17) is 16.3 Å². The van der Waals surface area contributed by atoms with Gasteiger partial charge in [0, 0.05) is 7.11 Å². The Hall–Kier alpha value is -0.0800. The molecule has 0 atom stereocenters. The van der Waals surface area contributed by atoms with Gasteiger partial charge in [-0.05, 0) is 39.3 Å². The lowest BCUT2D eigenvalue weighted by atomic mass is 9.78. The van der Waals surface area contributed by atoms with Crippen molar-refractivity contribution < 1.29 is 9.53 Å². The molecule has 0 radical (unpaired) electrons. The molecule has 0 aliphatic rings. The first-order valence-corrected chi connectivity index (χ1v) is 3.88. The van der Waals surface area contributed by atoms with Gasteiger partial charge in [0.15, 0.2) is 0 Å². The maximum absolute atomic E-state index is 11.0. The molecule has 0 rings (SSSR count). The molecule has 0 fully saturated rings. The molecule has 0 saturated heterocycles. The van der Waals surface area contributed by atoms with Crippen molar-refractivity contribution in [3.63, 3.8) is 0 Å². The SMILES string of the molecule is COC(C)(C)C(C)(C)C(=O)Cl. The Bertz CT molecular complexity index is 161. The van der Waals surface area contributed by atoms with E-state index in [2.05, 4.69) is 0 Å². The number of hydrogen-bond donors (Lipinski definition) is 0. The zero-order valence-electron chi connectivity index (χ0n) is 7.69. The molecule has 0 N–H and O–H groups in total. The van der Waals surface area contributed by atoms with Crippen molar-refractivity contribution in [2.45, 2.75) is 33.3 Å². The number of rotatable bonds is 3. The summed E-state index contributed by atoms with van der Waals surface area (Å²) in [7, 11) is 1.57. The fraction of sp³-hybridized carbons (Fsp3) is 0.875. The van der Waals surface area contributed by atoms with Crippen LogP contribution in [0.1, 0.15) is 27.7 Å². The first kappa shape index (κ1) is 10.9. The number of methoxy groups -OCH3 is 1. The van der Waals surface area contributed by atoms with Gasteiger partial charge in [0.05, 0.1) is 11.0 Å². The van der Waals surface area contributed by atoms with E-state index in [0.717, 1.165) is 0 Å². The number of hydrogen-bond acceptors (Lipinski definition) is 2. The van der Waals surface area contributed by atoms with Crippen LogP contribution >= 0.6 is 11.6 Å². The minimum atomic E-state index is -0.649. The van der Waals surface area contributed by atoms with Crippen LogP contribution in [0.2, 0.25) is 0 Å². The summed E-state index contributed by atoms with van der Waals surface area (Å²) >= 11 is 5.41. The average Bonchev–Trinajstić information content (AvgIpc) is 1.87.